The SMILES string of the molecule is CC(C)(C)[C@@H]1CCc2c(sc(N=Cc3cc(Cl)cc(Cl)c3O)c2C(=O)NCc2ccco2)C1. The Bertz CT molecular complexity index is 1190. The van der Waals surface area contributed by atoms with Crippen LogP contribution in [0.4, 0.5) is 5.00 Å². The number of rotatable bonds is 5. The number of thiophene rings is 1. The van der Waals surface area contributed by atoms with Crippen molar-refractivity contribution < 1.29 is 14.3 Å². The average molecular weight is 505 g/mol. The van der Waals surface area contributed by atoms with Gasteiger partial charge in [0, 0.05) is 21.7 Å². The fourth-order valence-corrected chi connectivity index (χ4v) is 5.89. The van der Waals surface area contributed by atoms with Gasteiger partial charge in [0.2, 0.25) is 0 Å². The lowest BCUT2D eigenvalue weighted by Gasteiger charge is -2.33. The second-order valence-electron chi connectivity index (χ2n) is 9.34. The van der Waals surface area contributed by atoms with Crippen LogP contribution in [0.3, 0.4) is 0 Å². The zero-order valence-electron chi connectivity index (χ0n) is 18.7. The Kier molecular flexibility index (Phi) is 6.89. The highest BCUT2D eigenvalue weighted by molar-refractivity contribution is 7.16. The van der Waals surface area contributed by atoms with Crippen LogP contribution >= 0.6 is 34.5 Å². The third-order valence-corrected chi connectivity index (χ3v) is 7.75. The number of halogens is 2. The molecule has 0 fully saturated rings. The van der Waals surface area contributed by atoms with E-state index in [9.17, 15) is 9.90 Å². The van der Waals surface area contributed by atoms with Crippen LogP contribution in [-0.2, 0) is 19.4 Å². The molecule has 0 spiro atoms. The fourth-order valence-electron chi connectivity index (χ4n) is 4.12. The maximum absolute atomic E-state index is 13.2. The average Bonchev–Trinajstić information content (AvgIpc) is 3.39. The first-order valence-corrected chi connectivity index (χ1v) is 12.4. The van der Waals surface area contributed by atoms with Crippen molar-refractivity contribution in [3.8, 4) is 5.75 Å². The molecule has 0 unspecified atom stereocenters. The number of nitrogens with one attached hydrogen (secondary N) is 1. The normalized spacial score (nSPS) is 16.2. The first kappa shape index (κ1) is 23.9. The molecule has 0 aliphatic heterocycles. The van der Waals surface area contributed by atoms with Crippen LogP contribution in [0.15, 0.2) is 39.9 Å². The number of hydrogen-bond donors (Lipinski definition) is 2. The topological polar surface area (TPSA) is 74.8 Å². The van der Waals surface area contributed by atoms with E-state index in [1.807, 2.05) is 6.07 Å². The molecule has 1 aliphatic carbocycles. The van der Waals surface area contributed by atoms with Gasteiger partial charge in [0.25, 0.3) is 5.91 Å². The molecule has 1 aliphatic rings. The number of phenolic OH excluding ortho intramolecular Hbond substituents is 1. The molecule has 0 radical (unpaired) electrons. The first-order valence-electron chi connectivity index (χ1n) is 10.8. The van der Waals surface area contributed by atoms with Crippen molar-refractivity contribution in [2.45, 2.75) is 46.6 Å². The Morgan fingerprint density at radius 1 is 1.36 bits per heavy atom. The molecule has 3 aromatic rings. The van der Waals surface area contributed by atoms with Crippen molar-refractivity contribution in [3.63, 3.8) is 0 Å². The Labute approximate surface area is 207 Å². The predicted octanol–water partition coefficient (Wildman–Crippen LogP) is 7.19. The van der Waals surface area contributed by atoms with Crippen molar-refractivity contribution in [3.05, 3.63) is 67.9 Å². The van der Waals surface area contributed by atoms with Crippen LogP contribution in [0.2, 0.25) is 10.0 Å². The second-order valence-corrected chi connectivity index (χ2v) is 11.3. The number of amides is 1. The second kappa shape index (κ2) is 9.53. The van der Waals surface area contributed by atoms with E-state index in [4.69, 9.17) is 27.6 Å². The standard InChI is InChI=1S/C25H26Cl2N2O3S/c1-25(2,3)15-6-7-18-20(10-15)33-24(21(18)23(31)28-13-17-5-4-8-32-17)29-12-14-9-16(26)11-19(27)22(14)30/h4-5,8-9,11-12,15,30H,6-7,10,13H2,1-3H3,(H,28,31)/t15-/m1/s1. The summed E-state index contributed by atoms with van der Waals surface area (Å²) >= 11 is 13.7. The van der Waals surface area contributed by atoms with E-state index >= 15 is 0 Å². The smallest absolute Gasteiger partial charge is 0.255 e. The van der Waals surface area contributed by atoms with E-state index in [1.54, 1.807) is 18.4 Å². The number of aliphatic imine (C=N–C) groups is 1. The van der Waals surface area contributed by atoms with E-state index < -0.39 is 0 Å². The summed E-state index contributed by atoms with van der Waals surface area (Å²) in [6.07, 6.45) is 5.88. The molecule has 2 heterocycles. The zero-order chi connectivity index (χ0) is 23.8. The van der Waals surface area contributed by atoms with Crippen LogP contribution in [0, 0.1) is 11.3 Å². The summed E-state index contributed by atoms with van der Waals surface area (Å²) in [5.74, 6) is 0.945. The molecule has 5 nitrogen and oxygen atoms in total. The summed E-state index contributed by atoms with van der Waals surface area (Å²) in [6, 6.07) is 6.67. The van der Waals surface area contributed by atoms with Gasteiger partial charge in [-0.3, -0.25) is 4.79 Å². The number of benzene rings is 1. The van der Waals surface area contributed by atoms with Gasteiger partial charge >= 0.3 is 0 Å². The van der Waals surface area contributed by atoms with E-state index in [0.29, 0.717) is 39.4 Å². The molecule has 174 valence electrons. The minimum atomic E-state index is -0.182. The number of carbonyl (C=O) groups is 1. The number of furan rings is 1. The van der Waals surface area contributed by atoms with E-state index in [2.05, 4.69) is 31.1 Å². The molecule has 2 aromatic heterocycles. The molecule has 2 N–H and O–H groups in total. The fraction of sp³-hybridized carbons (Fsp3) is 0.360. The van der Waals surface area contributed by atoms with Gasteiger partial charge in [-0.2, -0.15) is 0 Å². The molecular formula is C25H26Cl2N2O3S. The van der Waals surface area contributed by atoms with Crippen molar-refractivity contribution >= 4 is 51.7 Å². The molecule has 8 heteroatoms. The summed E-state index contributed by atoms with van der Waals surface area (Å²) in [7, 11) is 0. The van der Waals surface area contributed by atoms with Gasteiger partial charge in [0.05, 0.1) is 23.4 Å². The summed E-state index contributed by atoms with van der Waals surface area (Å²) in [5.41, 5.74) is 2.25. The maximum atomic E-state index is 13.2. The van der Waals surface area contributed by atoms with Gasteiger partial charge < -0.3 is 14.8 Å². The van der Waals surface area contributed by atoms with Gasteiger partial charge in [-0.15, -0.1) is 11.3 Å². The summed E-state index contributed by atoms with van der Waals surface area (Å²) in [6.45, 7) is 7.09. The third-order valence-electron chi connectivity index (χ3n) is 6.08. The molecule has 0 saturated heterocycles. The number of carbonyl (C=O) groups excluding carboxylic acids is 1. The summed E-state index contributed by atoms with van der Waals surface area (Å²) in [5, 5.41) is 14.4. The van der Waals surface area contributed by atoms with Crippen LogP contribution in [0.5, 0.6) is 5.75 Å². The van der Waals surface area contributed by atoms with E-state index in [0.717, 1.165) is 24.8 Å². The predicted molar refractivity (Wildman–Crippen MR) is 135 cm³/mol. The Morgan fingerprint density at radius 2 is 2.15 bits per heavy atom. The monoisotopic (exact) mass is 504 g/mol. The largest absolute Gasteiger partial charge is 0.506 e. The van der Waals surface area contributed by atoms with Gasteiger partial charge in [0.15, 0.2) is 0 Å². The molecule has 4 rings (SSSR count). The van der Waals surface area contributed by atoms with Crippen LogP contribution < -0.4 is 5.32 Å². The van der Waals surface area contributed by atoms with E-state index in [-0.39, 0.29) is 22.1 Å². The molecule has 1 aromatic carbocycles. The van der Waals surface area contributed by atoms with Gasteiger partial charge in [-0.1, -0.05) is 44.0 Å². The van der Waals surface area contributed by atoms with Gasteiger partial charge in [0.1, 0.15) is 16.5 Å². The first-order chi connectivity index (χ1) is 15.6. The third kappa shape index (κ3) is 5.29. The zero-order valence-corrected chi connectivity index (χ0v) is 21.1. The molecule has 33 heavy (non-hydrogen) atoms. The Hall–Kier alpha value is -2.28. The van der Waals surface area contributed by atoms with Crippen molar-refractivity contribution in [1.29, 1.82) is 0 Å². The molecular weight excluding hydrogens is 479 g/mol. The lowest BCUT2D eigenvalue weighted by Crippen LogP contribution is -2.28. The summed E-state index contributed by atoms with van der Waals surface area (Å²) in [4.78, 5) is 19.1. The molecule has 1 atom stereocenters. The molecule has 0 saturated carbocycles. The number of aromatic hydroxyl groups is 1. The highest BCUT2D eigenvalue weighted by Gasteiger charge is 2.33. The highest BCUT2D eigenvalue weighted by atomic mass is 35.5. The molecule has 1 amide bonds. The van der Waals surface area contributed by atoms with Gasteiger partial charge in [-0.05, 0) is 60.4 Å². The number of phenols is 1. The van der Waals surface area contributed by atoms with Crippen molar-refractivity contribution in [1.82, 2.24) is 5.32 Å². The minimum Gasteiger partial charge on any atom is -0.506 e. The minimum absolute atomic E-state index is 0.0947. The van der Waals surface area contributed by atoms with Crippen LogP contribution in [0.25, 0.3) is 0 Å². The summed E-state index contributed by atoms with van der Waals surface area (Å²) < 4.78 is 5.34. The number of fused-ring (bicyclic) bond motifs is 1. The quantitative estimate of drug-likeness (QED) is 0.361. The van der Waals surface area contributed by atoms with Gasteiger partial charge in [-0.25, -0.2) is 4.99 Å². The molecule has 0 bridgehead atoms. The highest BCUT2D eigenvalue weighted by Crippen LogP contribution is 2.45. The number of hydrogen-bond acceptors (Lipinski definition) is 5. The van der Waals surface area contributed by atoms with Crippen LogP contribution in [0.1, 0.15) is 59.3 Å². The lowest BCUT2D eigenvalue weighted by atomic mass is 9.72. The Balaban J connectivity index is 1.69. The maximum Gasteiger partial charge on any atom is 0.255 e. The lowest BCUT2D eigenvalue weighted by molar-refractivity contribution is 0.0947. The number of nitrogens with zero attached hydrogens (tertiary/aromatic N) is 1. The van der Waals surface area contributed by atoms with E-state index in [1.165, 1.54) is 28.5 Å². The Morgan fingerprint density at radius 3 is 2.85 bits per heavy atom. The van der Waals surface area contributed by atoms with Crippen molar-refractivity contribution in [2.24, 2.45) is 16.3 Å². The van der Waals surface area contributed by atoms with Crippen LogP contribution in [-0.4, -0.2) is 17.2 Å². The van der Waals surface area contributed by atoms with Crippen molar-refractivity contribution in [2.75, 3.05) is 0 Å².